The Morgan fingerprint density at radius 2 is 2.00 bits per heavy atom. The van der Waals surface area contributed by atoms with Crippen molar-refractivity contribution >= 4 is 17.7 Å². The zero-order chi connectivity index (χ0) is 11.7. The van der Waals surface area contributed by atoms with Crippen LogP contribution in [-0.2, 0) is 4.79 Å². The Bertz CT molecular complexity index is 314. The maximum atomic E-state index is 11.5. The summed E-state index contributed by atoms with van der Waals surface area (Å²) in [5.74, 6) is -0.475. The van der Waals surface area contributed by atoms with Gasteiger partial charge < -0.3 is 5.73 Å². The van der Waals surface area contributed by atoms with Gasteiger partial charge in [-0.2, -0.15) is 11.8 Å². The Labute approximate surface area is 96.0 Å². The third-order valence-corrected chi connectivity index (χ3v) is 4.71. The van der Waals surface area contributed by atoms with Crippen molar-refractivity contribution in [2.45, 2.75) is 25.5 Å². The standard InChI is InChI=1S/C12H19NOS/c1-11(2,3)12(15-4)8-6-5-7-9(12)10(13)14/h5-9H,1-4H3,(H2,13,14). The van der Waals surface area contributed by atoms with Crippen LogP contribution in [-0.4, -0.2) is 16.9 Å². The Morgan fingerprint density at radius 1 is 1.40 bits per heavy atom. The van der Waals surface area contributed by atoms with Crippen molar-refractivity contribution in [1.82, 2.24) is 0 Å². The van der Waals surface area contributed by atoms with Gasteiger partial charge in [-0.1, -0.05) is 45.1 Å². The fourth-order valence-electron chi connectivity index (χ4n) is 2.14. The topological polar surface area (TPSA) is 43.1 Å². The predicted octanol–water partition coefficient (Wildman–Crippen LogP) is 2.36. The van der Waals surface area contributed by atoms with Gasteiger partial charge in [0.05, 0.1) is 10.7 Å². The lowest BCUT2D eigenvalue weighted by Gasteiger charge is -2.46. The van der Waals surface area contributed by atoms with E-state index in [0.29, 0.717) is 0 Å². The van der Waals surface area contributed by atoms with Crippen molar-refractivity contribution in [3.05, 3.63) is 24.3 Å². The molecule has 1 rings (SSSR count). The maximum absolute atomic E-state index is 11.5. The maximum Gasteiger partial charge on any atom is 0.226 e. The molecule has 0 heterocycles. The second-order valence-electron chi connectivity index (χ2n) is 4.87. The molecule has 2 atom stereocenters. The van der Waals surface area contributed by atoms with Crippen molar-refractivity contribution in [3.8, 4) is 0 Å². The van der Waals surface area contributed by atoms with Crippen LogP contribution in [0.3, 0.4) is 0 Å². The quantitative estimate of drug-likeness (QED) is 0.784. The van der Waals surface area contributed by atoms with Gasteiger partial charge in [0.25, 0.3) is 0 Å². The summed E-state index contributed by atoms with van der Waals surface area (Å²) in [5.41, 5.74) is 5.47. The van der Waals surface area contributed by atoms with Crippen molar-refractivity contribution in [1.29, 1.82) is 0 Å². The number of hydrogen-bond donors (Lipinski definition) is 1. The van der Waals surface area contributed by atoms with Gasteiger partial charge in [0.1, 0.15) is 0 Å². The van der Waals surface area contributed by atoms with E-state index in [1.165, 1.54) is 0 Å². The lowest BCUT2D eigenvalue weighted by Crippen LogP contribution is -2.49. The van der Waals surface area contributed by atoms with Gasteiger partial charge in [-0.15, -0.1) is 0 Å². The van der Waals surface area contributed by atoms with Gasteiger partial charge in [0.15, 0.2) is 0 Å². The molecule has 0 saturated heterocycles. The number of rotatable bonds is 2. The normalized spacial score (nSPS) is 30.5. The minimum atomic E-state index is -0.250. The summed E-state index contributed by atoms with van der Waals surface area (Å²) in [4.78, 5) is 11.5. The van der Waals surface area contributed by atoms with Gasteiger partial charge in [-0.3, -0.25) is 4.79 Å². The molecule has 0 fully saturated rings. The number of thioether (sulfide) groups is 1. The molecule has 2 unspecified atom stereocenters. The molecule has 1 aliphatic carbocycles. The minimum absolute atomic E-state index is 0.00657. The van der Waals surface area contributed by atoms with Crippen LogP contribution in [0.4, 0.5) is 0 Å². The van der Waals surface area contributed by atoms with Crippen LogP contribution in [0.25, 0.3) is 0 Å². The van der Waals surface area contributed by atoms with Crippen LogP contribution in [0, 0.1) is 11.3 Å². The summed E-state index contributed by atoms with van der Waals surface area (Å²) in [5, 5.41) is 0. The van der Waals surface area contributed by atoms with Crippen LogP contribution in [0.15, 0.2) is 24.3 Å². The van der Waals surface area contributed by atoms with Crippen molar-refractivity contribution < 1.29 is 4.79 Å². The lowest BCUT2D eigenvalue weighted by atomic mass is 9.70. The first-order valence-corrected chi connectivity index (χ1v) is 6.28. The minimum Gasteiger partial charge on any atom is -0.369 e. The van der Waals surface area contributed by atoms with E-state index in [1.807, 2.05) is 24.5 Å². The molecule has 1 aliphatic rings. The highest BCUT2D eigenvalue weighted by molar-refractivity contribution is 8.00. The van der Waals surface area contributed by atoms with Crippen molar-refractivity contribution in [2.24, 2.45) is 17.1 Å². The number of nitrogens with two attached hydrogens (primary N) is 1. The molecule has 0 radical (unpaired) electrons. The summed E-state index contributed by atoms with van der Waals surface area (Å²) in [6.45, 7) is 6.43. The predicted molar refractivity (Wildman–Crippen MR) is 66.7 cm³/mol. The molecular formula is C12H19NOS. The molecule has 15 heavy (non-hydrogen) atoms. The van der Waals surface area contributed by atoms with E-state index in [2.05, 4.69) is 26.8 Å². The molecule has 0 bridgehead atoms. The number of allylic oxidation sites excluding steroid dienone is 2. The molecule has 0 saturated carbocycles. The zero-order valence-corrected chi connectivity index (χ0v) is 10.6. The average Bonchev–Trinajstić information content (AvgIpc) is 2.15. The number of amides is 1. The number of primary amides is 1. The molecule has 0 aromatic carbocycles. The molecule has 1 amide bonds. The molecule has 84 valence electrons. The third-order valence-electron chi connectivity index (χ3n) is 3.04. The third kappa shape index (κ3) is 1.98. The highest BCUT2D eigenvalue weighted by Crippen LogP contribution is 2.49. The van der Waals surface area contributed by atoms with E-state index in [9.17, 15) is 4.79 Å². The van der Waals surface area contributed by atoms with Gasteiger partial charge in [-0.05, 0) is 11.7 Å². The summed E-state index contributed by atoms with van der Waals surface area (Å²) in [6, 6.07) is 0. The van der Waals surface area contributed by atoms with Crippen LogP contribution in [0.1, 0.15) is 20.8 Å². The van der Waals surface area contributed by atoms with Gasteiger partial charge in [0, 0.05) is 0 Å². The summed E-state index contributed by atoms with van der Waals surface area (Å²) in [7, 11) is 0. The van der Waals surface area contributed by atoms with E-state index in [-0.39, 0.29) is 22.0 Å². The molecule has 3 heteroatoms. The highest BCUT2D eigenvalue weighted by Gasteiger charge is 2.47. The van der Waals surface area contributed by atoms with Crippen LogP contribution in [0.5, 0.6) is 0 Å². The van der Waals surface area contributed by atoms with E-state index < -0.39 is 0 Å². The SMILES string of the molecule is CSC1(C(C)(C)C)C=CC=CC1C(N)=O. The molecule has 0 aliphatic heterocycles. The Morgan fingerprint density at radius 3 is 2.33 bits per heavy atom. The average molecular weight is 225 g/mol. The summed E-state index contributed by atoms with van der Waals surface area (Å²) >= 11 is 1.70. The van der Waals surface area contributed by atoms with Gasteiger partial charge in [0.2, 0.25) is 5.91 Å². The first kappa shape index (κ1) is 12.4. The van der Waals surface area contributed by atoms with Crippen LogP contribution in [0.2, 0.25) is 0 Å². The van der Waals surface area contributed by atoms with Crippen molar-refractivity contribution in [2.75, 3.05) is 6.26 Å². The molecular weight excluding hydrogens is 206 g/mol. The van der Waals surface area contributed by atoms with Gasteiger partial charge >= 0.3 is 0 Å². The highest BCUT2D eigenvalue weighted by atomic mass is 32.2. The second-order valence-corrected chi connectivity index (χ2v) is 5.96. The van der Waals surface area contributed by atoms with Crippen LogP contribution < -0.4 is 5.73 Å². The van der Waals surface area contributed by atoms with E-state index in [0.717, 1.165) is 0 Å². The van der Waals surface area contributed by atoms with Crippen molar-refractivity contribution in [3.63, 3.8) is 0 Å². The molecule has 2 N–H and O–H groups in total. The summed E-state index contributed by atoms with van der Waals surface area (Å²) < 4.78 is -0.229. The second kappa shape index (κ2) is 4.05. The van der Waals surface area contributed by atoms with E-state index in [4.69, 9.17) is 5.73 Å². The largest absolute Gasteiger partial charge is 0.369 e. The van der Waals surface area contributed by atoms with E-state index >= 15 is 0 Å². The Kier molecular flexibility index (Phi) is 3.34. The first-order valence-electron chi connectivity index (χ1n) is 5.05. The first-order chi connectivity index (χ1) is 6.85. The summed E-state index contributed by atoms with van der Waals surface area (Å²) in [6.07, 6.45) is 9.94. The lowest BCUT2D eigenvalue weighted by molar-refractivity contribution is -0.121. The zero-order valence-electron chi connectivity index (χ0n) is 9.78. The smallest absolute Gasteiger partial charge is 0.226 e. The monoisotopic (exact) mass is 225 g/mol. The number of carbonyl (C=O) groups is 1. The molecule has 0 aromatic heterocycles. The number of hydrogen-bond acceptors (Lipinski definition) is 2. The fraction of sp³-hybridized carbons (Fsp3) is 0.583. The molecule has 0 aromatic rings. The van der Waals surface area contributed by atoms with Gasteiger partial charge in [-0.25, -0.2) is 0 Å². The molecule has 2 nitrogen and oxygen atoms in total. The molecule has 0 spiro atoms. The fourth-order valence-corrected chi connectivity index (χ4v) is 3.42. The van der Waals surface area contributed by atoms with Crippen LogP contribution >= 0.6 is 11.8 Å². The van der Waals surface area contributed by atoms with E-state index in [1.54, 1.807) is 11.8 Å². The Hall–Kier alpha value is -0.700. The Balaban J connectivity index is 3.22. The number of carbonyl (C=O) groups excluding carboxylic acids is 1.